The topological polar surface area (TPSA) is 38.9 Å². The van der Waals surface area contributed by atoms with Gasteiger partial charge in [-0.3, -0.25) is 0 Å². The van der Waals surface area contributed by atoms with Crippen LogP contribution in [0, 0.1) is 6.92 Å². The predicted octanol–water partition coefficient (Wildman–Crippen LogP) is 3.01. The van der Waals surface area contributed by atoms with Gasteiger partial charge in [0.05, 0.1) is 10.7 Å². The van der Waals surface area contributed by atoms with Crippen molar-refractivity contribution in [3.05, 3.63) is 40.2 Å². The molecule has 1 aromatic heterocycles. The molecule has 1 atom stereocenters. The van der Waals surface area contributed by atoms with Crippen LogP contribution in [-0.4, -0.2) is 11.0 Å². The van der Waals surface area contributed by atoms with E-state index in [4.69, 9.17) is 5.73 Å². The van der Waals surface area contributed by atoms with Gasteiger partial charge in [-0.15, -0.1) is 11.3 Å². The van der Waals surface area contributed by atoms with Gasteiger partial charge in [0.2, 0.25) is 0 Å². The molecule has 2 nitrogen and oxygen atoms in total. The van der Waals surface area contributed by atoms with Gasteiger partial charge in [0, 0.05) is 17.0 Å². The van der Waals surface area contributed by atoms with E-state index in [1.54, 1.807) is 11.3 Å². The van der Waals surface area contributed by atoms with Crippen LogP contribution in [0.4, 0.5) is 0 Å². The molecule has 1 heterocycles. The molecule has 0 amide bonds. The summed E-state index contributed by atoms with van der Waals surface area (Å²) in [6, 6.07) is 8.66. The molecule has 0 aliphatic rings. The molecule has 16 heavy (non-hydrogen) atoms. The molecule has 0 saturated heterocycles. The Bertz CT molecular complexity index is 474. The van der Waals surface area contributed by atoms with Gasteiger partial charge in [-0.25, -0.2) is 4.98 Å². The first-order valence-corrected chi connectivity index (χ1v) is 6.30. The van der Waals surface area contributed by atoms with Crippen molar-refractivity contribution in [3.63, 3.8) is 0 Å². The molecule has 84 valence electrons. The number of thiazole rings is 1. The van der Waals surface area contributed by atoms with E-state index in [-0.39, 0.29) is 6.04 Å². The Morgan fingerprint density at radius 3 is 2.88 bits per heavy atom. The molecule has 0 aliphatic carbocycles. The van der Waals surface area contributed by atoms with Crippen LogP contribution in [0.2, 0.25) is 0 Å². The fraction of sp³-hybridized carbons (Fsp3) is 0.308. The zero-order valence-corrected chi connectivity index (χ0v) is 10.4. The first kappa shape index (κ1) is 11.3. The van der Waals surface area contributed by atoms with Crippen molar-refractivity contribution >= 4 is 11.3 Å². The van der Waals surface area contributed by atoms with Crippen LogP contribution in [-0.2, 0) is 6.42 Å². The quantitative estimate of drug-likeness (QED) is 0.883. The fourth-order valence-corrected chi connectivity index (χ4v) is 2.35. The number of hydrogen-bond donors (Lipinski definition) is 1. The number of aryl methyl sites for hydroxylation is 1. The third kappa shape index (κ3) is 2.68. The molecule has 0 aliphatic heterocycles. The van der Waals surface area contributed by atoms with E-state index in [1.165, 1.54) is 11.1 Å². The van der Waals surface area contributed by atoms with Crippen LogP contribution in [0.1, 0.15) is 17.5 Å². The molecule has 2 aromatic rings. The lowest BCUT2D eigenvalue weighted by Gasteiger charge is -2.06. The minimum Gasteiger partial charge on any atom is -0.328 e. The Morgan fingerprint density at radius 2 is 2.25 bits per heavy atom. The van der Waals surface area contributed by atoms with Crippen LogP contribution in [0.25, 0.3) is 11.3 Å². The van der Waals surface area contributed by atoms with E-state index in [1.807, 2.05) is 13.8 Å². The second-order valence-electron chi connectivity index (χ2n) is 4.13. The summed E-state index contributed by atoms with van der Waals surface area (Å²) < 4.78 is 0. The van der Waals surface area contributed by atoms with E-state index in [9.17, 15) is 0 Å². The molecule has 0 radical (unpaired) electrons. The van der Waals surface area contributed by atoms with Crippen molar-refractivity contribution in [2.75, 3.05) is 0 Å². The molecule has 0 saturated carbocycles. The summed E-state index contributed by atoms with van der Waals surface area (Å²) in [5, 5.41) is 3.20. The molecule has 1 aromatic carbocycles. The Balaban J connectivity index is 2.28. The third-order valence-electron chi connectivity index (χ3n) is 2.40. The average molecular weight is 232 g/mol. The summed E-state index contributed by atoms with van der Waals surface area (Å²) in [4.78, 5) is 4.49. The standard InChI is InChI=1S/C13H16N2S/c1-9(14)6-11-4-3-5-12(7-11)13-8-16-10(2)15-13/h3-5,7-9H,6,14H2,1-2H3. The second-order valence-corrected chi connectivity index (χ2v) is 5.20. The van der Waals surface area contributed by atoms with Gasteiger partial charge in [-0.05, 0) is 31.9 Å². The van der Waals surface area contributed by atoms with Gasteiger partial charge < -0.3 is 5.73 Å². The monoisotopic (exact) mass is 232 g/mol. The molecular formula is C13H16N2S. The second kappa shape index (κ2) is 4.76. The van der Waals surface area contributed by atoms with Crippen molar-refractivity contribution in [1.29, 1.82) is 0 Å². The smallest absolute Gasteiger partial charge is 0.0901 e. The molecular weight excluding hydrogens is 216 g/mol. The Morgan fingerprint density at radius 1 is 1.44 bits per heavy atom. The molecule has 3 heteroatoms. The van der Waals surface area contributed by atoms with Crippen LogP contribution in [0.3, 0.4) is 0 Å². The van der Waals surface area contributed by atoms with Crippen molar-refractivity contribution in [3.8, 4) is 11.3 Å². The summed E-state index contributed by atoms with van der Waals surface area (Å²) >= 11 is 1.68. The van der Waals surface area contributed by atoms with E-state index in [2.05, 4.69) is 34.6 Å². The van der Waals surface area contributed by atoms with E-state index >= 15 is 0 Å². The van der Waals surface area contributed by atoms with Gasteiger partial charge in [0.15, 0.2) is 0 Å². The van der Waals surface area contributed by atoms with Gasteiger partial charge in [0.1, 0.15) is 0 Å². The lowest BCUT2D eigenvalue weighted by atomic mass is 10.0. The summed E-state index contributed by atoms with van der Waals surface area (Å²) in [6.45, 7) is 4.06. The SMILES string of the molecule is Cc1nc(-c2cccc(CC(C)N)c2)cs1. The van der Waals surface area contributed by atoms with Crippen molar-refractivity contribution in [2.45, 2.75) is 26.3 Å². The molecule has 0 bridgehead atoms. The molecule has 0 spiro atoms. The minimum atomic E-state index is 0.201. The number of nitrogens with two attached hydrogens (primary N) is 1. The van der Waals surface area contributed by atoms with Crippen molar-refractivity contribution in [1.82, 2.24) is 4.98 Å². The zero-order valence-electron chi connectivity index (χ0n) is 9.60. The van der Waals surface area contributed by atoms with Crippen LogP contribution in [0.5, 0.6) is 0 Å². The minimum absolute atomic E-state index is 0.201. The summed E-state index contributed by atoms with van der Waals surface area (Å²) in [5.41, 5.74) is 9.33. The van der Waals surface area contributed by atoms with Crippen molar-refractivity contribution < 1.29 is 0 Å². The number of hydrogen-bond acceptors (Lipinski definition) is 3. The third-order valence-corrected chi connectivity index (χ3v) is 3.17. The highest BCUT2D eigenvalue weighted by molar-refractivity contribution is 7.09. The molecule has 0 fully saturated rings. The van der Waals surface area contributed by atoms with Crippen LogP contribution < -0.4 is 5.73 Å². The summed E-state index contributed by atoms with van der Waals surface area (Å²) in [5.74, 6) is 0. The first-order chi connectivity index (χ1) is 7.65. The first-order valence-electron chi connectivity index (χ1n) is 5.42. The molecule has 1 unspecified atom stereocenters. The molecule has 2 N–H and O–H groups in total. The Labute approximate surface area is 100 Å². The van der Waals surface area contributed by atoms with Gasteiger partial charge in [0.25, 0.3) is 0 Å². The van der Waals surface area contributed by atoms with E-state index < -0.39 is 0 Å². The highest BCUT2D eigenvalue weighted by atomic mass is 32.1. The largest absolute Gasteiger partial charge is 0.328 e. The van der Waals surface area contributed by atoms with Gasteiger partial charge in [-0.2, -0.15) is 0 Å². The number of aromatic nitrogens is 1. The van der Waals surface area contributed by atoms with E-state index in [0.717, 1.165) is 17.1 Å². The van der Waals surface area contributed by atoms with Crippen LogP contribution in [0.15, 0.2) is 29.6 Å². The summed E-state index contributed by atoms with van der Waals surface area (Å²) in [7, 11) is 0. The summed E-state index contributed by atoms with van der Waals surface area (Å²) in [6.07, 6.45) is 0.914. The number of benzene rings is 1. The Hall–Kier alpha value is -1.19. The lowest BCUT2D eigenvalue weighted by Crippen LogP contribution is -2.17. The number of rotatable bonds is 3. The van der Waals surface area contributed by atoms with Crippen LogP contribution >= 0.6 is 11.3 Å². The fourth-order valence-electron chi connectivity index (χ4n) is 1.73. The predicted molar refractivity (Wildman–Crippen MR) is 69.6 cm³/mol. The van der Waals surface area contributed by atoms with Gasteiger partial charge in [-0.1, -0.05) is 18.2 Å². The van der Waals surface area contributed by atoms with Crippen molar-refractivity contribution in [2.24, 2.45) is 5.73 Å². The van der Waals surface area contributed by atoms with E-state index in [0.29, 0.717) is 0 Å². The number of nitrogens with zero attached hydrogens (tertiary/aromatic N) is 1. The maximum Gasteiger partial charge on any atom is 0.0901 e. The maximum atomic E-state index is 5.80. The molecule has 2 rings (SSSR count). The average Bonchev–Trinajstić information content (AvgIpc) is 2.64. The zero-order chi connectivity index (χ0) is 11.5. The normalized spacial score (nSPS) is 12.7. The lowest BCUT2D eigenvalue weighted by molar-refractivity contribution is 0.738. The van der Waals surface area contributed by atoms with Gasteiger partial charge >= 0.3 is 0 Å². The highest BCUT2D eigenvalue weighted by Crippen LogP contribution is 2.22. The highest BCUT2D eigenvalue weighted by Gasteiger charge is 2.04. The maximum absolute atomic E-state index is 5.80. The Kier molecular flexibility index (Phi) is 3.36.